The lowest BCUT2D eigenvalue weighted by molar-refractivity contribution is 0.413. The van der Waals surface area contributed by atoms with E-state index in [9.17, 15) is 12.8 Å². The Morgan fingerprint density at radius 3 is 2.70 bits per heavy atom. The summed E-state index contributed by atoms with van der Waals surface area (Å²) in [5.74, 6) is -0.0327. The van der Waals surface area contributed by atoms with Crippen molar-refractivity contribution < 1.29 is 17.5 Å². The number of methoxy groups -OCH3 is 1. The van der Waals surface area contributed by atoms with E-state index >= 15 is 0 Å². The number of hydrogen-bond donors (Lipinski definition) is 0. The Balaban J connectivity index is 1.65. The lowest BCUT2D eigenvalue weighted by atomic mass is 10.1. The summed E-state index contributed by atoms with van der Waals surface area (Å²) in [7, 11) is -2.17. The second-order valence-electron chi connectivity index (χ2n) is 6.33. The molecular weight excluding hydrogens is 387 g/mol. The Labute approximate surface area is 161 Å². The Morgan fingerprint density at radius 2 is 1.93 bits per heavy atom. The van der Waals surface area contributed by atoms with Crippen LogP contribution in [0.15, 0.2) is 46.8 Å². The molecule has 1 aromatic carbocycles. The normalized spacial score (nSPS) is 14.3. The van der Waals surface area contributed by atoms with Crippen molar-refractivity contribution in [1.29, 1.82) is 0 Å². The van der Waals surface area contributed by atoms with Crippen LogP contribution in [0.4, 0.5) is 4.39 Å². The van der Waals surface area contributed by atoms with Crippen LogP contribution in [-0.2, 0) is 23.1 Å². The fourth-order valence-electron chi connectivity index (χ4n) is 3.14. The van der Waals surface area contributed by atoms with Crippen LogP contribution < -0.4 is 4.74 Å². The van der Waals surface area contributed by atoms with E-state index in [0.29, 0.717) is 29.3 Å². The molecule has 8 heteroatoms. The van der Waals surface area contributed by atoms with Gasteiger partial charge >= 0.3 is 0 Å². The number of aryl methyl sites for hydroxylation is 1. The van der Waals surface area contributed by atoms with Gasteiger partial charge in [-0.1, -0.05) is 0 Å². The van der Waals surface area contributed by atoms with Gasteiger partial charge in [0.05, 0.1) is 7.11 Å². The topological polar surface area (TPSA) is 59.5 Å². The van der Waals surface area contributed by atoms with Crippen molar-refractivity contribution in [3.05, 3.63) is 65.2 Å². The smallest absolute Gasteiger partial charge is 0.253 e. The number of nitrogens with zero attached hydrogens (tertiary/aromatic N) is 2. The zero-order chi connectivity index (χ0) is 19.2. The summed E-state index contributed by atoms with van der Waals surface area (Å²) in [6, 6.07) is 9.45. The first-order chi connectivity index (χ1) is 12.9. The van der Waals surface area contributed by atoms with Crippen LogP contribution in [0, 0.1) is 12.7 Å². The third-order valence-electron chi connectivity index (χ3n) is 4.52. The van der Waals surface area contributed by atoms with Gasteiger partial charge in [0.25, 0.3) is 10.0 Å². The highest BCUT2D eigenvalue weighted by atomic mass is 32.2. The molecule has 140 valence electrons. The molecule has 2 aromatic heterocycles. The third-order valence-corrected chi connectivity index (χ3v) is 7.90. The molecule has 0 fully saturated rings. The van der Waals surface area contributed by atoms with Crippen molar-refractivity contribution in [2.45, 2.75) is 24.2 Å². The predicted octanol–water partition coefficient (Wildman–Crippen LogP) is 3.97. The molecule has 27 heavy (non-hydrogen) atoms. The summed E-state index contributed by atoms with van der Waals surface area (Å²) in [6.45, 7) is 2.55. The molecular formula is C19H17FN2O3S2. The average Bonchev–Trinajstić information content (AvgIpc) is 3.28. The number of ether oxygens (including phenoxy) is 1. The van der Waals surface area contributed by atoms with Gasteiger partial charge in [-0.05, 0) is 48.4 Å². The maximum Gasteiger partial charge on any atom is 0.253 e. The van der Waals surface area contributed by atoms with Crippen molar-refractivity contribution >= 4 is 21.4 Å². The van der Waals surface area contributed by atoms with Crippen molar-refractivity contribution in [2.24, 2.45) is 0 Å². The fourth-order valence-corrected chi connectivity index (χ4v) is 6.03. The average molecular weight is 404 g/mol. The second kappa shape index (κ2) is 6.70. The summed E-state index contributed by atoms with van der Waals surface area (Å²) in [6.07, 6.45) is 1.74. The molecule has 0 bridgehead atoms. The van der Waals surface area contributed by atoms with E-state index in [1.807, 2.05) is 13.0 Å². The minimum atomic E-state index is -3.62. The van der Waals surface area contributed by atoms with Crippen LogP contribution in [0.3, 0.4) is 0 Å². The lowest BCUT2D eigenvalue weighted by Gasteiger charge is -2.13. The van der Waals surface area contributed by atoms with Gasteiger partial charge in [-0.2, -0.15) is 4.31 Å². The quantitative estimate of drug-likeness (QED) is 0.660. The number of benzene rings is 1. The number of rotatable bonds is 4. The van der Waals surface area contributed by atoms with Crippen LogP contribution in [0.2, 0.25) is 0 Å². The summed E-state index contributed by atoms with van der Waals surface area (Å²) in [5, 5.41) is 0. The Hall–Kier alpha value is -2.29. The molecule has 0 N–H and O–H groups in total. The zero-order valence-electron chi connectivity index (χ0n) is 14.8. The molecule has 0 spiro atoms. The van der Waals surface area contributed by atoms with Gasteiger partial charge in [0.1, 0.15) is 15.8 Å². The SMILES string of the molecule is COc1cc(F)ccc1-c1ccc(S(=O)(=O)N2Cc3cnc(C)cc3C2)s1. The number of fused-ring (bicyclic) bond motifs is 1. The maximum atomic E-state index is 13.4. The first-order valence-corrected chi connectivity index (χ1v) is 10.5. The Morgan fingerprint density at radius 1 is 1.15 bits per heavy atom. The first kappa shape index (κ1) is 18.1. The molecule has 1 aliphatic rings. The van der Waals surface area contributed by atoms with Gasteiger partial charge in [0.2, 0.25) is 0 Å². The molecule has 0 radical (unpaired) electrons. The van der Waals surface area contributed by atoms with Gasteiger partial charge in [-0.3, -0.25) is 4.98 Å². The molecule has 5 nitrogen and oxygen atoms in total. The highest BCUT2D eigenvalue weighted by Crippen LogP contribution is 2.39. The van der Waals surface area contributed by atoms with Crippen LogP contribution in [-0.4, -0.2) is 24.8 Å². The van der Waals surface area contributed by atoms with E-state index in [4.69, 9.17) is 4.74 Å². The van der Waals surface area contributed by atoms with Gasteiger partial charge in [-0.25, -0.2) is 12.8 Å². The molecule has 3 heterocycles. The largest absolute Gasteiger partial charge is 0.496 e. The minimum Gasteiger partial charge on any atom is -0.496 e. The summed E-state index contributed by atoms with van der Waals surface area (Å²) >= 11 is 1.15. The standard InChI is InChI=1S/C19H17FN2O3S2/c1-12-7-13-10-22(11-14(13)9-21-12)27(23,24)19-6-5-18(26-19)16-4-3-15(20)8-17(16)25-2/h3-9H,10-11H2,1-2H3. The molecule has 0 saturated heterocycles. The third kappa shape index (κ3) is 3.24. The van der Waals surface area contributed by atoms with Crippen molar-refractivity contribution in [1.82, 2.24) is 9.29 Å². The monoisotopic (exact) mass is 404 g/mol. The van der Waals surface area contributed by atoms with Crippen molar-refractivity contribution in [3.8, 4) is 16.2 Å². The van der Waals surface area contributed by atoms with E-state index in [2.05, 4.69) is 4.98 Å². The molecule has 0 unspecified atom stereocenters. The molecule has 3 aromatic rings. The van der Waals surface area contributed by atoms with Crippen molar-refractivity contribution in [3.63, 3.8) is 0 Å². The molecule has 0 aliphatic carbocycles. The molecule has 4 rings (SSSR count). The number of sulfonamides is 1. The highest BCUT2D eigenvalue weighted by molar-refractivity contribution is 7.91. The first-order valence-electron chi connectivity index (χ1n) is 8.27. The molecule has 0 atom stereocenters. The lowest BCUT2D eigenvalue weighted by Crippen LogP contribution is -2.24. The molecule has 1 aliphatic heterocycles. The Kier molecular flexibility index (Phi) is 4.49. The molecule has 0 amide bonds. The number of aromatic nitrogens is 1. The summed E-state index contributed by atoms with van der Waals surface area (Å²) in [5.41, 5.74) is 3.45. The number of pyridine rings is 1. The van der Waals surface area contributed by atoms with Gasteiger partial charge in [0.15, 0.2) is 0 Å². The van der Waals surface area contributed by atoms with Gasteiger partial charge < -0.3 is 4.74 Å². The summed E-state index contributed by atoms with van der Waals surface area (Å²) < 4.78 is 46.5. The number of hydrogen-bond acceptors (Lipinski definition) is 5. The van der Waals surface area contributed by atoms with Crippen LogP contribution in [0.1, 0.15) is 16.8 Å². The predicted molar refractivity (Wildman–Crippen MR) is 102 cm³/mol. The van der Waals surface area contributed by atoms with Crippen LogP contribution in [0.5, 0.6) is 5.75 Å². The molecule has 0 saturated carbocycles. The highest BCUT2D eigenvalue weighted by Gasteiger charge is 2.32. The van der Waals surface area contributed by atoms with E-state index in [1.165, 1.54) is 23.5 Å². The Bertz CT molecular complexity index is 1130. The van der Waals surface area contributed by atoms with Gasteiger partial charge in [-0.15, -0.1) is 11.3 Å². The number of thiophene rings is 1. The minimum absolute atomic E-state index is 0.251. The van der Waals surface area contributed by atoms with E-state index < -0.39 is 15.8 Å². The second-order valence-corrected chi connectivity index (χ2v) is 9.58. The van der Waals surface area contributed by atoms with E-state index in [0.717, 1.165) is 28.2 Å². The van der Waals surface area contributed by atoms with Crippen LogP contribution >= 0.6 is 11.3 Å². The van der Waals surface area contributed by atoms with Crippen molar-refractivity contribution in [2.75, 3.05) is 7.11 Å². The van der Waals surface area contributed by atoms with E-state index in [-0.39, 0.29) is 4.21 Å². The number of halogens is 1. The zero-order valence-corrected chi connectivity index (χ0v) is 16.4. The fraction of sp³-hybridized carbons (Fsp3) is 0.211. The van der Waals surface area contributed by atoms with Crippen LogP contribution in [0.25, 0.3) is 10.4 Å². The van der Waals surface area contributed by atoms with Gasteiger partial charge in [0, 0.05) is 41.5 Å². The van der Waals surface area contributed by atoms with E-state index in [1.54, 1.807) is 24.4 Å². The maximum absolute atomic E-state index is 13.4. The summed E-state index contributed by atoms with van der Waals surface area (Å²) in [4.78, 5) is 4.95.